The van der Waals surface area contributed by atoms with E-state index in [0.717, 1.165) is 32.1 Å². The molecular weight excluding hydrogens is 336 g/mol. The molecule has 2 rings (SSSR count). The molecule has 0 amide bonds. The van der Waals surface area contributed by atoms with Crippen molar-refractivity contribution in [1.29, 1.82) is 0 Å². The quantitative estimate of drug-likeness (QED) is 0.434. The first kappa shape index (κ1) is 21.4. The van der Waals surface area contributed by atoms with Gasteiger partial charge in [0.25, 0.3) is 0 Å². The Morgan fingerprint density at radius 2 is 1.88 bits per heavy atom. The topological polar surface area (TPSA) is 63.2 Å². The van der Waals surface area contributed by atoms with Crippen molar-refractivity contribution in [3.8, 4) is 0 Å². The van der Waals surface area contributed by atoms with E-state index < -0.39 is 12.1 Å². The minimum absolute atomic E-state index is 0.0741. The van der Waals surface area contributed by atoms with Crippen LogP contribution in [0.1, 0.15) is 52.9 Å². The highest BCUT2D eigenvalue weighted by molar-refractivity contribution is 5.71. The molecule has 2 saturated heterocycles. The minimum Gasteiger partial charge on any atom is -0.469 e. The summed E-state index contributed by atoms with van der Waals surface area (Å²) in [5.41, 5.74) is 0. The molecule has 6 nitrogen and oxygen atoms in total. The Morgan fingerprint density at radius 1 is 1.19 bits per heavy atom. The van der Waals surface area contributed by atoms with Crippen LogP contribution in [0, 0.1) is 11.8 Å². The maximum Gasteiger partial charge on any atom is 0.308 e. The van der Waals surface area contributed by atoms with Crippen molar-refractivity contribution in [2.24, 2.45) is 11.8 Å². The smallest absolute Gasteiger partial charge is 0.308 e. The first-order valence-electron chi connectivity index (χ1n) is 9.54. The number of carbonyl (C=O) groups excluding carboxylic acids is 1. The molecule has 6 heteroatoms. The number of carbonyl (C=O) groups is 1. The van der Waals surface area contributed by atoms with E-state index in [4.69, 9.17) is 23.7 Å². The number of ether oxygens (including phenoxy) is 5. The maximum absolute atomic E-state index is 11.7. The molecule has 0 bridgehead atoms. The number of hydrogen-bond donors (Lipinski definition) is 0. The fourth-order valence-electron chi connectivity index (χ4n) is 3.89. The normalized spacial score (nSPS) is 32.0. The van der Waals surface area contributed by atoms with E-state index in [1.807, 2.05) is 26.8 Å². The number of methoxy groups -OCH3 is 2. The van der Waals surface area contributed by atoms with Gasteiger partial charge < -0.3 is 23.7 Å². The van der Waals surface area contributed by atoms with Crippen molar-refractivity contribution in [1.82, 2.24) is 0 Å². The van der Waals surface area contributed by atoms with Gasteiger partial charge in [0, 0.05) is 7.11 Å². The van der Waals surface area contributed by atoms with E-state index >= 15 is 0 Å². The van der Waals surface area contributed by atoms with Crippen LogP contribution in [0.15, 0.2) is 12.7 Å². The van der Waals surface area contributed by atoms with Gasteiger partial charge in [0.05, 0.1) is 19.1 Å². The fourth-order valence-corrected chi connectivity index (χ4v) is 3.89. The van der Waals surface area contributed by atoms with Crippen molar-refractivity contribution >= 4 is 5.97 Å². The van der Waals surface area contributed by atoms with Gasteiger partial charge in [-0.05, 0) is 51.9 Å². The highest BCUT2D eigenvalue weighted by Gasteiger charge is 2.55. The predicted octanol–water partition coefficient (Wildman–Crippen LogP) is 3.44. The number of allylic oxidation sites excluding steroid dienone is 1. The van der Waals surface area contributed by atoms with Crippen LogP contribution >= 0.6 is 0 Å². The summed E-state index contributed by atoms with van der Waals surface area (Å²) in [6.45, 7) is 9.58. The third-order valence-corrected chi connectivity index (χ3v) is 5.30. The summed E-state index contributed by atoms with van der Waals surface area (Å²) in [5.74, 6) is -0.461. The Balaban J connectivity index is 1.98. The third-order valence-electron chi connectivity index (χ3n) is 5.30. The first-order valence-corrected chi connectivity index (χ1v) is 9.54. The second kappa shape index (κ2) is 9.31. The van der Waals surface area contributed by atoms with Crippen LogP contribution in [0.2, 0.25) is 0 Å². The molecule has 6 atom stereocenters. The van der Waals surface area contributed by atoms with Gasteiger partial charge in [-0.3, -0.25) is 4.79 Å². The van der Waals surface area contributed by atoms with E-state index in [-0.39, 0.29) is 30.2 Å². The van der Waals surface area contributed by atoms with Crippen LogP contribution < -0.4 is 0 Å². The Morgan fingerprint density at radius 3 is 2.50 bits per heavy atom. The highest BCUT2D eigenvalue weighted by Crippen LogP contribution is 2.41. The number of fused-ring (bicyclic) bond motifs is 1. The lowest BCUT2D eigenvalue weighted by atomic mass is 9.87. The molecule has 0 spiro atoms. The van der Waals surface area contributed by atoms with Gasteiger partial charge >= 0.3 is 5.97 Å². The Labute approximate surface area is 157 Å². The summed E-state index contributed by atoms with van der Waals surface area (Å²) >= 11 is 0. The molecule has 150 valence electrons. The van der Waals surface area contributed by atoms with Gasteiger partial charge in [-0.15, -0.1) is 6.58 Å². The summed E-state index contributed by atoms with van der Waals surface area (Å²) in [4.78, 5) is 11.7. The van der Waals surface area contributed by atoms with E-state index in [9.17, 15) is 4.79 Å². The van der Waals surface area contributed by atoms with Gasteiger partial charge in [-0.25, -0.2) is 0 Å². The molecule has 2 aliphatic heterocycles. The zero-order valence-electron chi connectivity index (χ0n) is 16.7. The Hall–Kier alpha value is -0.950. The van der Waals surface area contributed by atoms with Crippen LogP contribution in [0.25, 0.3) is 0 Å². The SMILES string of the molecule is C=CCC[C@@H](CC[C@H](C)C(=O)OC)C[C@H]1O[C@@H](OC)[C@H]2OC(C)(C)OC12. The Bertz CT molecular complexity index is 477. The van der Waals surface area contributed by atoms with Crippen molar-refractivity contribution in [2.75, 3.05) is 14.2 Å². The summed E-state index contributed by atoms with van der Waals surface area (Å²) < 4.78 is 28.4. The largest absolute Gasteiger partial charge is 0.469 e. The molecular formula is C20H34O6. The van der Waals surface area contributed by atoms with Crippen molar-refractivity contribution in [3.05, 3.63) is 12.7 Å². The van der Waals surface area contributed by atoms with Crippen molar-refractivity contribution in [3.63, 3.8) is 0 Å². The zero-order chi connectivity index (χ0) is 19.3. The lowest BCUT2D eigenvalue weighted by Gasteiger charge is -2.26. The van der Waals surface area contributed by atoms with E-state index in [2.05, 4.69) is 6.58 Å². The van der Waals surface area contributed by atoms with Crippen molar-refractivity contribution < 1.29 is 28.5 Å². The summed E-state index contributed by atoms with van der Waals surface area (Å²) in [5, 5.41) is 0. The molecule has 2 aliphatic rings. The number of esters is 1. The highest BCUT2D eigenvalue weighted by atomic mass is 16.8. The number of rotatable bonds is 10. The van der Waals surface area contributed by atoms with Crippen molar-refractivity contribution in [2.45, 2.75) is 83.3 Å². The maximum atomic E-state index is 11.7. The predicted molar refractivity (Wildman–Crippen MR) is 97.4 cm³/mol. The van der Waals surface area contributed by atoms with Gasteiger partial charge in [0.1, 0.15) is 12.2 Å². The third kappa shape index (κ3) is 5.28. The minimum atomic E-state index is -0.621. The first-order chi connectivity index (χ1) is 12.3. The second-order valence-electron chi connectivity index (χ2n) is 7.81. The van der Waals surface area contributed by atoms with Crippen LogP contribution in [0.4, 0.5) is 0 Å². The molecule has 0 saturated carbocycles. The monoisotopic (exact) mass is 370 g/mol. The van der Waals surface area contributed by atoms with Crippen LogP contribution in [-0.4, -0.2) is 50.6 Å². The average molecular weight is 370 g/mol. The Kier molecular flexibility index (Phi) is 7.64. The summed E-state index contributed by atoms with van der Waals surface area (Å²) in [6.07, 6.45) is 5.66. The van der Waals surface area contributed by atoms with E-state index in [1.54, 1.807) is 7.11 Å². The van der Waals surface area contributed by atoms with Gasteiger partial charge in [-0.2, -0.15) is 0 Å². The van der Waals surface area contributed by atoms with Gasteiger partial charge in [0.2, 0.25) is 0 Å². The molecule has 2 heterocycles. The molecule has 0 aromatic rings. The zero-order valence-corrected chi connectivity index (χ0v) is 16.7. The van der Waals surface area contributed by atoms with Crippen LogP contribution in [-0.2, 0) is 28.5 Å². The lowest BCUT2D eigenvalue weighted by molar-refractivity contribution is -0.228. The molecule has 2 fully saturated rings. The number of hydrogen-bond acceptors (Lipinski definition) is 6. The molecule has 0 aliphatic carbocycles. The summed E-state index contributed by atoms with van der Waals surface area (Å²) in [7, 11) is 3.07. The molecule has 0 aromatic carbocycles. The molecule has 0 N–H and O–H groups in total. The molecule has 26 heavy (non-hydrogen) atoms. The second-order valence-corrected chi connectivity index (χ2v) is 7.81. The molecule has 0 radical (unpaired) electrons. The summed E-state index contributed by atoms with van der Waals surface area (Å²) in [6, 6.07) is 0. The average Bonchev–Trinajstić information content (AvgIpc) is 3.09. The van der Waals surface area contributed by atoms with Gasteiger partial charge in [0.15, 0.2) is 12.1 Å². The van der Waals surface area contributed by atoms with E-state index in [0.29, 0.717) is 5.92 Å². The molecule has 0 aromatic heterocycles. The fraction of sp³-hybridized carbons (Fsp3) is 0.850. The van der Waals surface area contributed by atoms with Crippen LogP contribution in [0.3, 0.4) is 0 Å². The molecule has 1 unspecified atom stereocenters. The standard InChI is InChI=1S/C20H34O6/c1-7-8-9-14(11-10-13(2)18(21)22-5)12-15-16-17(19(23-6)24-15)26-20(3,4)25-16/h7,13-17,19H,1,8-12H2,2-6H3/t13-,14-,15+,16?,17-,19+/m0/s1. The van der Waals surface area contributed by atoms with E-state index in [1.165, 1.54) is 7.11 Å². The van der Waals surface area contributed by atoms with Crippen LogP contribution in [0.5, 0.6) is 0 Å². The lowest BCUT2D eigenvalue weighted by Crippen LogP contribution is -2.31. The van der Waals surface area contributed by atoms with Gasteiger partial charge in [-0.1, -0.05) is 13.0 Å².